The fourth-order valence-corrected chi connectivity index (χ4v) is 4.14. The fraction of sp³-hybridized carbons (Fsp3) is 0.0952. The minimum absolute atomic E-state index is 0.275. The largest absolute Gasteiger partial charge is 0.497 e. The molecular formula is C21H16N4O2S. The predicted octanol–water partition coefficient (Wildman–Crippen LogP) is 4.90. The second-order valence-electron chi connectivity index (χ2n) is 6.56. The molecule has 7 heteroatoms. The maximum absolute atomic E-state index is 12.7. The van der Waals surface area contributed by atoms with Crippen molar-refractivity contribution in [2.75, 3.05) is 12.4 Å². The molecule has 0 atom stereocenters. The van der Waals surface area contributed by atoms with E-state index in [2.05, 4.69) is 20.3 Å². The van der Waals surface area contributed by atoms with Crippen LogP contribution in [0.1, 0.15) is 16.2 Å². The molecule has 2 N–H and O–H groups in total. The molecule has 5 aromatic rings. The first kappa shape index (κ1) is 16.7. The van der Waals surface area contributed by atoms with E-state index in [1.165, 1.54) is 11.3 Å². The van der Waals surface area contributed by atoms with Gasteiger partial charge in [0.15, 0.2) is 5.13 Å². The number of benzene rings is 2. The number of aryl methyl sites for hydroxylation is 1. The van der Waals surface area contributed by atoms with Gasteiger partial charge in [-0.2, -0.15) is 0 Å². The van der Waals surface area contributed by atoms with Gasteiger partial charge in [0.05, 0.1) is 28.4 Å². The highest BCUT2D eigenvalue weighted by atomic mass is 32.1. The van der Waals surface area contributed by atoms with Crippen molar-refractivity contribution in [3.8, 4) is 5.75 Å². The molecule has 0 fully saturated rings. The molecule has 0 unspecified atom stereocenters. The highest BCUT2D eigenvalue weighted by Crippen LogP contribution is 2.30. The first-order chi connectivity index (χ1) is 13.6. The number of rotatable bonds is 3. The lowest BCUT2D eigenvalue weighted by atomic mass is 10.1. The topological polar surface area (TPSA) is 79.9 Å². The number of pyridine rings is 1. The van der Waals surface area contributed by atoms with E-state index in [4.69, 9.17) is 4.74 Å². The number of nitrogens with one attached hydrogen (secondary N) is 2. The Kier molecular flexibility index (Phi) is 3.77. The predicted molar refractivity (Wildman–Crippen MR) is 112 cm³/mol. The van der Waals surface area contributed by atoms with Crippen molar-refractivity contribution in [1.82, 2.24) is 15.0 Å². The number of hydrogen-bond donors (Lipinski definition) is 2. The molecule has 138 valence electrons. The molecule has 0 aliphatic heterocycles. The van der Waals surface area contributed by atoms with Crippen LogP contribution in [0.15, 0.2) is 48.5 Å². The van der Waals surface area contributed by atoms with E-state index in [0.717, 1.165) is 43.5 Å². The summed E-state index contributed by atoms with van der Waals surface area (Å²) in [6.07, 6.45) is 0. The van der Waals surface area contributed by atoms with Crippen molar-refractivity contribution in [3.63, 3.8) is 0 Å². The summed E-state index contributed by atoms with van der Waals surface area (Å²) in [6.45, 7) is 2.00. The van der Waals surface area contributed by atoms with Crippen molar-refractivity contribution in [2.24, 2.45) is 0 Å². The molecule has 0 bridgehead atoms. The molecule has 1 amide bonds. The normalized spacial score (nSPS) is 11.4. The number of carbonyl (C=O) groups excluding carboxylic acids is 1. The number of methoxy groups -OCH3 is 1. The molecule has 3 heterocycles. The maximum atomic E-state index is 12.7. The molecule has 0 aliphatic rings. The maximum Gasteiger partial charge on any atom is 0.276 e. The lowest BCUT2D eigenvalue weighted by Crippen LogP contribution is -2.11. The van der Waals surface area contributed by atoms with Gasteiger partial charge in [-0.1, -0.05) is 29.5 Å². The first-order valence-electron chi connectivity index (χ1n) is 8.76. The minimum atomic E-state index is -0.275. The van der Waals surface area contributed by atoms with Crippen LogP contribution in [-0.2, 0) is 0 Å². The average molecular weight is 388 g/mol. The molecular weight excluding hydrogens is 372 g/mol. The van der Waals surface area contributed by atoms with Crippen molar-refractivity contribution in [1.29, 1.82) is 0 Å². The number of ether oxygens (including phenoxy) is 1. The zero-order valence-corrected chi connectivity index (χ0v) is 16.1. The summed E-state index contributed by atoms with van der Waals surface area (Å²) in [5, 5.41) is 5.38. The monoisotopic (exact) mass is 388 g/mol. The van der Waals surface area contributed by atoms with Gasteiger partial charge < -0.3 is 9.72 Å². The summed E-state index contributed by atoms with van der Waals surface area (Å²) in [7, 11) is 1.62. The van der Waals surface area contributed by atoms with E-state index in [1.807, 2.05) is 49.4 Å². The van der Waals surface area contributed by atoms with Crippen molar-refractivity contribution < 1.29 is 9.53 Å². The number of fused-ring (bicyclic) bond motifs is 4. The van der Waals surface area contributed by atoms with Gasteiger partial charge in [0.2, 0.25) is 0 Å². The van der Waals surface area contributed by atoms with Crippen LogP contribution >= 0.6 is 11.3 Å². The van der Waals surface area contributed by atoms with Crippen LogP contribution in [0, 0.1) is 6.92 Å². The zero-order chi connectivity index (χ0) is 19.3. The van der Waals surface area contributed by atoms with E-state index in [-0.39, 0.29) is 5.91 Å². The first-order valence-corrected chi connectivity index (χ1v) is 9.57. The van der Waals surface area contributed by atoms with Crippen LogP contribution < -0.4 is 10.1 Å². The number of nitrogens with zero attached hydrogens (tertiary/aromatic N) is 2. The number of carbonyl (C=O) groups is 1. The highest BCUT2D eigenvalue weighted by Gasteiger charge is 2.15. The summed E-state index contributed by atoms with van der Waals surface area (Å²) in [6, 6.07) is 15.5. The van der Waals surface area contributed by atoms with E-state index >= 15 is 0 Å². The summed E-state index contributed by atoms with van der Waals surface area (Å²) < 4.78 is 6.19. The van der Waals surface area contributed by atoms with E-state index in [1.54, 1.807) is 13.2 Å². The molecule has 0 spiro atoms. The Hall–Kier alpha value is -3.45. The number of aromatic nitrogens is 3. The Morgan fingerprint density at radius 2 is 1.89 bits per heavy atom. The number of aromatic amines is 1. The van der Waals surface area contributed by atoms with Crippen molar-refractivity contribution in [2.45, 2.75) is 6.92 Å². The zero-order valence-electron chi connectivity index (χ0n) is 15.2. The van der Waals surface area contributed by atoms with E-state index in [0.29, 0.717) is 10.8 Å². The van der Waals surface area contributed by atoms with Gasteiger partial charge in [0, 0.05) is 16.5 Å². The van der Waals surface area contributed by atoms with Crippen LogP contribution in [0.2, 0.25) is 0 Å². The van der Waals surface area contributed by atoms with Crippen molar-refractivity contribution >= 4 is 54.4 Å². The van der Waals surface area contributed by atoms with Crippen LogP contribution in [0.4, 0.5) is 5.13 Å². The van der Waals surface area contributed by atoms with Crippen LogP contribution in [-0.4, -0.2) is 28.0 Å². The van der Waals surface area contributed by atoms with Crippen LogP contribution in [0.25, 0.3) is 32.0 Å². The number of H-pyrrole nitrogens is 1. The lowest BCUT2D eigenvalue weighted by molar-refractivity contribution is 0.102. The fourth-order valence-electron chi connectivity index (χ4n) is 3.25. The molecule has 28 heavy (non-hydrogen) atoms. The summed E-state index contributed by atoms with van der Waals surface area (Å²) >= 11 is 1.40. The standard InChI is InChI=1S/C21H16N4O2S/c1-11-3-4-12-5-6-13-9-16(23-19(13)18(12)22-11)20(26)25-21-24-15-8-7-14(27-2)10-17(15)28-21/h3-10,22H,1-2H3,(H,24,25,26). The number of anilines is 1. The van der Waals surface area contributed by atoms with Gasteiger partial charge in [0.1, 0.15) is 11.4 Å². The second-order valence-corrected chi connectivity index (χ2v) is 7.59. The Balaban J connectivity index is 1.50. The van der Waals surface area contributed by atoms with Gasteiger partial charge in [-0.15, -0.1) is 0 Å². The highest BCUT2D eigenvalue weighted by molar-refractivity contribution is 7.22. The van der Waals surface area contributed by atoms with Crippen molar-refractivity contribution in [3.05, 3.63) is 59.9 Å². The number of thiazole rings is 1. The molecule has 0 aliphatic carbocycles. The molecule has 5 rings (SSSR count). The molecule has 6 nitrogen and oxygen atoms in total. The quantitative estimate of drug-likeness (QED) is 0.461. The third-order valence-corrected chi connectivity index (χ3v) is 5.58. The van der Waals surface area contributed by atoms with Gasteiger partial charge in [-0.05, 0) is 37.3 Å². The Labute approximate surface area is 164 Å². The average Bonchev–Trinajstić information content (AvgIpc) is 3.30. The van der Waals surface area contributed by atoms with E-state index in [9.17, 15) is 4.79 Å². The minimum Gasteiger partial charge on any atom is -0.497 e. The smallest absolute Gasteiger partial charge is 0.276 e. The molecule has 0 saturated carbocycles. The Morgan fingerprint density at radius 1 is 1.07 bits per heavy atom. The summed E-state index contributed by atoms with van der Waals surface area (Å²) in [4.78, 5) is 25.1. The SMILES string of the molecule is COc1ccc2nc(NC(=O)c3cc4ccc5ccc(C)[nH]c5c4n3)sc2c1. The molecule has 0 saturated heterocycles. The van der Waals surface area contributed by atoms with Crippen LogP contribution in [0.5, 0.6) is 5.75 Å². The van der Waals surface area contributed by atoms with Gasteiger partial charge in [-0.3, -0.25) is 10.1 Å². The van der Waals surface area contributed by atoms with Gasteiger partial charge in [0.25, 0.3) is 5.91 Å². The summed E-state index contributed by atoms with van der Waals surface area (Å²) in [5.74, 6) is 0.486. The second kappa shape index (κ2) is 6.31. The van der Waals surface area contributed by atoms with Gasteiger partial charge >= 0.3 is 0 Å². The molecule has 3 aromatic heterocycles. The summed E-state index contributed by atoms with van der Waals surface area (Å²) in [5.41, 5.74) is 3.95. The van der Waals surface area contributed by atoms with E-state index < -0.39 is 0 Å². The Morgan fingerprint density at radius 3 is 2.75 bits per heavy atom. The van der Waals surface area contributed by atoms with Gasteiger partial charge in [-0.25, -0.2) is 9.97 Å². The lowest BCUT2D eigenvalue weighted by Gasteiger charge is -2.01. The Bertz CT molecular complexity index is 1370. The molecule has 2 aromatic carbocycles. The van der Waals surface area contributed by atoms with Crippen LogP contribution in [0.3, 0.4) is 0 Å². The molecule has 0 radical (unpaired) electrons. The third-order valence-electron chi connectivity index (χ3n) is 4.65. The number of hydrogen-bond acceptors (Lipinski definition) is 5. The number of amides is 1. The third kappa shape index (κ3) is 2.76.